The first-order chi connectivity index (χ1) is 10.4. The largest absolute Gasteiger partial charge is 0.389 e. The third-order valence-electron chi connectivity index (χ3n) is 3.75. The molecule has 0 amide bonds. The molecule has 1 aromatic rings. The van der Waals surface area contributed by atoms with Gasteiger partial charge in [0.05, 0.1) is 24.0 Å². The van der Waals surface area contributed by atoms with Gasteiger partial charge in [-0.1, -0.05) is 6.07 Å². The fraction of sp³-hybridized carbons (Fsp3) is 0.706. The smallest absolute Gasteiger partial charge is 0.0900 e. The van der Waals surface area contributed by atoms with E-state index in [1.54, 1.807) is 0 Å². The molecule has 5 nitrogen and oxygen atoms in total. The first-order valence-corrected chi connectivity index (χ1v) is 8.09. The first-order valence-electron chi connectivity index (χ1n) is 8.09. The van der Waals surface area contributed by atoms with Crippen LogP contribution in [0.1, 0.15) is 26.5 Å². The molecule has 5 heteroatoms. The summed E-state index contributed by atoms with van der Waals surface area (Å²) in [4.78, 5) is 9.10. The Labute approximate surface area is 133 Å². The maximum Gasteiger partial charge on any atom is 0.0900 e. The lowest BCUT2D eigenvalue weighted by atomic mass is 10.2. The summed E-state index contributed by atoms with van der Waals surface area (Å²) >= 11 is 0. The Morgan fingerprint density at radius 2 is 1.86 bits per heavy atom. The third-order valence-corrected chi connectivity index (χ3v) is 3.75. The van der Waals surface area contributed by atoms with Crippen LogP contribution in [-0.2, 0) is 11.3 Å². The number of nitrogens with zero attached hydrogens (tertiary/aromatic N) is 3. The molecule has 0 radical (unpaired) electrons. The van der Waals surface area contributed by atoms with Crippen molar-refractivity contribution in [3.8, 4) is 0 Å². The Morgan fingerprint density at radius 3 is 2.45 bits per heavy atom. The van der Waals surface area contributed by atoms with Gasteiger partial charge in [-0.25, -0.2) is 0 Å². The van der Waals surface area contributed by atoms with E-state index in [1.807, 2.05) is 39.1 Å². The van der Waals surface area contributed by atoms with Gasteiger partial charge >= 0.3 is 0 Å². The minimum atomic E-state index is -0.415. The number of hydrogen-bond donors (Lipinski definition) is 1. The first kappa shape index (κ1) is 17.3. The summed E-state index contributed by atoms with van der Waals surface area (Å²) in [7, 11) is 0. The molecule has 1 saturated heterocycles. The number of rotatable bonds is 6. The average Bonchev–Trinajstić information content (AvgIpc) is 2.48. The molecule has 1 fully saturated rings. The summed E-state index contributed by atoms with van der Waals surface area (Å²) in [6.45, 7) is 12.0. The van der Waals surface area contributed by atoms with E-state index in [9.17, 15) is 5.11 Å². The molecule has 22 heavy (non-hydrogen) atoms. The van der Waals surface area contributed by atoms with Gasteiger partial charge in [0.25, 0.3) is 0 Å². The lowest BCUT2D eigenvalue weighted by molar-refractivity contribution is -0.0587. The topological polar surface area (TPSA) is 48.8 Å². The van der Waals surface area contributed by atoms with E-state index in [-0.39, 0.29) is 5.60 Å². The molecule has 124 valence electrons. The summed E-state index contributed by atoms with van der Waals surface area (Å²) in [6, 6.07) is 6.05. The van der Waals surface area contributed by atoms with Crippen molar-refractivity contribution in [1.82, 2.24) is 14.8 Å². The van der Waals surface area contributed by atoms with Gasteiger partial charge in [0, 0.05) is 45.5 Å². The van der Waals surface area contributed by atoms with Crippen molar-refractivity contribution in [3.63, 3.8) is 0 Å². The average molecular weight is 307 g/mol. The number of aliphatic hydroxyl groups is 1. The highest BCUT2D eigenvalue weighted by Crippen LogP contribution is 2.10. The third kappa shape index (κ3) is 6.40. The molecule has 2 heterocycles. The fourth-order valence-electron chi connectivity index (χ4n) is 2.55. The Bertz CT molecular complexity index is 425. The second-order valence-electron chi connectivity index (χ2n) is 6.98. The number of piperazine rings is 1. The number of aromatic nitrogens is 1. The van der Waals surface area contributed by atoms with Crippen LogP contribution in [-0.4, -0.2) is 70.9 Å². The zero-order valence-corrected chi connectivity index (χ0v) is 14.0. The Hall–Kier alpha value is -1.01. The fourth-order valence-corrected chi connectivity index (χ4v) is 2.55. The molecule has 1 N–H and O–H groups in total. The molecular weight excluding hydrogens is 278 g/mol. The zero-order chi connectivity index (χ0) is 16.0. The zero-order valence-electron chi connectivity index (χ0n) is 14.0. The molecule has 1 aromatic heterocycles. The molecule has 1 unspecified atom stereocenters. The van der Waals surface area contributed by atoms with Crippen LogP contribution in [0.25, 0.3) is 0 Å². The molecule has 2 rings (SSSR count). The van der Waals surface area contributed by atoms with Gasteiger partial charge in [0.2, 0.25) is 0 Å². The minimum absolute atomic E-state index is 0.192. The van der Waals surface area contributed by atoms with Crippen LogP contribution >= 0.6 is 0 Å². The van der Waals surface area contributed by atoms with E-state index in [1.165, 1.54) is 0 Å². The van der Waals surface area contributed by atoms with Crippen molar-refractivity contribution in [2.45, 2.75) is 39.0 Å². The SMILES string of the molecule is CC(C)(C)OCC(O)CN1CCN(Cc2ccccn2)CC1. The van der Waals surface area contributed by atoms with Crippen molar-refractivity contribution < 1.29 is 9.84 Å². The number of aliphatic hydroxyl groups excluding tert-OH is 1. The van der Waals surface area contributed by atoms with E-state index in [2.05, 4.69) is 20.9 Å². The number of hydrogen-bond acceptors (Lipinski definition) is 5. The van der Waals surface area contributed by atoms with E-state index in [4.69, 9.17) is 4.74 Å². The monoisotopic (exact) mass is 307 g/mol. The maximum absolute atomic E-state index is 10.1. The molecule has 1 aliphatic heterocycles. The molecular formula is C17H29N3O2. The Morgan fingerprint density at radius 1 is 1.18 bits per heavy atom. The van der Waals surface area contributed by atoms with Gasteiger partial charge in [-0.2, -0.15) is 0 Å². The minimum Gasteiger partial charge on any atom is -0.389 e. The van der Waals surface area contributed by atoms with Gasteiger partial charge in [-0.3, -0.25) is 14.8 Å². The van der Waals surface area contributed by atoms with Crippen molar-refractivity contribution in [2.75, 3.05) is 39.3 Å². The van der Waals surface area contributed by atoms with Crippen molar-refractivity contribution in [1.29, 1.82) is 0 Å². The van der Waals surface area contributed by atoms with Crippen LogP contribution in [0.2, 0.25) is 0 Å². The van der Waals surface area contributed by atoms with Gasteiger partial charge < -0.3 is 9.84 Å². The van der Waals surface area contributed by atoms with E-state index < -0.39 is 6.10 Å². The normalized spacial score (nSPS) is 19.3. The highest BCUT2D eigenvalue weighted by molar-refractivity contribution is 5.03. The van der Waals surface area contributed by atoms with Gasteiger partial charge in [0.15, 0.2) is 0 Å². The highest BCUT2D eigenvalue weighted by atomic mass is 16.5. The number of β-amino-alcohol motifs (C(OH)–C–C–N with tert-alkyl or cyclic N) is 1. The Balaban J connectivity index is 1.66. The second kappa shape index (κ2) is 8.02. The van der Waals surface area contributed by atoms with Crippen LogP contribution in [0, 0.1) is 0 Å². The van der Waals surface area contributed by atoms with E-state index in [0.717, 1.165) is 38.4 Å². The molecule has 1 aliphatic rings. The maximum atomic E-state index is 10.1. The summed E-state index contributed by atoms with van der Waals surface area (Å²) < 4.78 is 5.64. The van der Waals surface area contributed by atoms with Crippen LogP contribution in [0.15, 0.2) is 24.4 Å². The predicted molar refractivity (Wildman–Crippen MR) is 87.7 cm³/mol. The molecule has 0 aromatic carbocycles. The molecule has 0 bridgehead atoms. The second-order valence-corrected chi connectivity index (χ2v) is 6.98. The van der Waals surface area contributed by atoms with Crippen molar-refractivity contribution in [2.24, 2.45) is 0 Å². The summed E-state index contributed by atoms with van der Waals surface area (Å²) in [5.41, 5.74) is 0.928. The van der Waals surface area contributed by atoms with E-state index >= 15 is 0 Å². The van der Waals surface area contributed by atoms with Crippen LogP contribution in [0.4, 0.5) is 0 Å². The van der Waals surface area contributed by atoms with Gasteiger partial charge in [0.1, 0.15) is 0 Å². The summed E-state index contributed by atoms with van der Waals surface area (Å²) in [5, 5.41) is 10.1. The number of ether oxygens (including phenoxy) is 1. The van der Waals surface area contributed by atoms with Crippen molar-refractivity contribution >= 4 is 0 Å². The predicted octanol–water partition coefficient (Wildman–Crippen LogP) is 1.38. The van der Waals surface area contributed by atoms with Crippen LogP contribution in [0.3, 0.4) is 0 Å². The number of pyridine rings is 1. The standard InChI is InChI=1S/C17H29N3O2/c1-17(2,3)22-14-16(21)13-20-10-8-19(9-11-20)12-15-6-4-5-7-18-15/h4-7,16,21H,8-14H2,1-3H3. The molecule has 0 saturated carbocycles. The lowest BCUT2D eigenvalue weighted by Gasteiger charge is -2.35. The molecule has 0 spiro atoms. The summed E-state index contributed by atoms with van der Waals surface area (Å²) in [6.07, 6.45) is 1.43. The quantitative estimate of drug-likeness (QED) is 0.860. The van der Waals surface area contributed by atoms with Crippen molar-refractivity contribution in [3.05, 3.63) is 30.1 Å². The Kier molecular flexibility index (Phi) is 6.32. The van der Waals surface area contributed by atoms with Gasteiger partial charge in [-0.15, -0.1) is 0 Å². The highest BCUT2D eigenvalue weighted by Gasteiger charge is 2.20. The van der Waals surface area contributed by atoms with E-state index in [0.29, 0.717) is 13.2 Å². The molecule has 1 atom stereocenters. The lowest BCUT2D eigenvalue weighted by Crippen LogP contribution is -2.49. The summed E-state index contributed by atoms with van der Waals surface area (Å²) in [5.74, 6) is 0. The van der Waals surface area contributed by atoms with Crippen LogP contribution < -0.4 is 0 Å². The molecule has 0 aliphatic carbocycles. The van der Waals surface area contributed by atoms with Gasteiger partial charge in [-0.05, 0) is 32.9 Å². The van der Waals surface area contributed by atoms with Crippen LogP contribution in [0.5, 0.6) is 0 Å².